The fraction of sp³-hybridized carbons (Fsp3) is 0.500. The summed E-state index contributed by atoms with van der Waals surface area (Å²) in [6.07, 6.45) is 3.87. The summed E-state index contributed by atoms with van der Waals surface area (Å²) in [6.45, 7) is 10.7. The van der Waals surface area contributed by atoms with Crippen LogP contribution in [0.25, 0.3) is 22.2 Å². The number of nitrogens with one attached hydrogen (secondary N) is 1. The van der Waals surface area contributed by atoms with Gasteiger partial charge in [0, 0.05) is 46.2 Å². The normalized spacial score (nSPS) is 18.9. The molecule has 27 heavy (non-hydrogen) atoms. The first kappa shape index (κ1) is 16.7. The van der Waals surface area contributed by atoms with Crippen molar-refractivity contribution in [2.75, 3.05) is 0 Å². The fourth-order valence-electron chi connectivity index (χ4n) is 4.91. The van der Waals surface area contributed by atoms with E-state index in [0.29, 0.717) is 12.5 Å². The molecule has 1 fully saturated rings. The second-order valence-corrected chi connectivity index (χ2v) is 9.18. The number of rotatable bonds is 2. The first-order valence-electron chi connectivity index (χ1n) is 9.86. The average Bonchev–Trinajstić information content (AvgIpc) is 3.27. The van der Waals surface area contributed by atoms with Gasteiger partial charge in [-0.3, -0.25) is 9.89 Å². The molecule has 140 valence electrons. The number of fused-ring (bicyclic) bond motifs is 2. The van der Waals surface area contributed by atoms with E-state index < -0.39 is 0 Å². The van der Waals surface area contributed by atoms with Crippen molar-refractivity contribution in [1.29, 1.82) is 0 Å². The number of aromatic nitrogens is 4. The van der Waals surface area contributed by atoms with Crippen LogP contribution in [0.5, 0.6) is 0 Å². The Labute approximate surface area is 159 Å². The van der Waals surface area contributed by atoms with Crippen LogP contribution in [-0.2, 0) is 6.42 Å². The van der Waals surface area contributed by atoms with Crippen molar-refractivity contribution in [2.45, 2.75) is 66.3 Å². The van der Waals surface area contributed by atoms with E-state index >= 15 is 0 Å². The lowest BCUT2D eigenvalue weighted by atomic mass is 9.73. The maximum absolute atomic E-state index is 13.2. The van der Waals surface area contributed by atoms with Gasteiger partial charge in [0.2, 0.25) is 0 Å². The van der Waals surface area contributed by atoms with E-state index in [-0.39, 0.29) is 11.2 Å². The first-order chi connectivity index (χ1) is 12.8. The minimum atomic E-state index is -0.0573. The Hall–Kier alpha value is -2.43. The number of carbonyl (C=O) groups is 1. The Bertz CT molecular complexity index is 1110. The number of aryl methyl sites for hydroxylation is 2. The molecule has 5 rings (SSSR count). The molecule has 1 saturated carbocycles. The SMILES string of the molecule is Cc1[nH]nc2nc3c(c(-c4cc(C)n(C5CC5)c4C)c12)C(=O)CC(C)(C)C3. The molecule has 0 spiro atoms. The van der Waals surface area contributed by atoms with Gasteiger partial charge in [0.25, 0.3) is 0 Å². The fourth-order valence-corrected chi connectivity index (χ4v) is 4.91. The minimum absolute atomic E-state index is 0.0573. The van der Waals surface area contributed by atoms with Crippen LogP contribution in [0.15, 0.2) is 6.07 Å². The van der Waals surface area contributed by atoms with Gasteiger partial charge in [-0.1, -0.05) is 13.8 Å². The van der Waals surface area contributed by atoms with Crippen LogP contribution < -0.4 is 0 Å². The number of hydrogen-bond donors (Lipinski definition) is 1. The molecule has 3 aromatic heterocycles. The highest BCUT2D eigenvalue weighted by Gasteiger charge is 2.37. The van der Waals surface area contributed by atoms with Crippen molar-refractivity contribution in [3.63, 3.8) is 0 Å². The zero-order valence-electron chi connectivity index (χ0n) is 16.7. The second kappa shape index (κ2) is 5.31. The third-order valence-corrected chi connectivity index (χ3v) is 6.19. The van der Waals surface area contributed by atoms with Crippen LogP contribution in [0.1, 0.15) is 72.3 Å². The number of H-pyrrole nitrogens is 1. The van der Waals surface area contributed by atoms with Crippen LogP contribution in [0.4, 0.5) is 0 Å². The highest BCUT2D eigenvalue weighted by molar-refractivity contribution is 6.11. The topological polar surface area (TPSA) is 63.6 Å². The van der Waals surface area contributed by atoms with Gasteiger partial charge < -0.3 is 4.57 Å². The lowest BCUT2D eigenvalue weighted by Crippen LogP contribution is -2.28. The van der Waals surface area contributed by atoms with Crippen LogP contribution in [0, 0.1) is 26.2 Å². The number of Topliss-reactive ketones (excluding diaryl/α,β-unsaturated/α-hetero) is 1. The molecule has 0 atom stereocenters. The lowest BCUT2D eigenvalue weighted by molar-refractivity contribution is 0.0911. The van der Waals surface area contributed by atoms with Crippen molar-refractivity contribution in [3.8, 4) is 11.1 Å². The van der Waals surface area contributed by atoms with Gasteiger partial charge in [0.15, 0.2) is 11.4 Å². The summed E-state index contributed by atoms with van der Waals surface area (Å²) >= 11 is 0. The van der Waals surface area contributed by atoms with E-state index in [9.17, 15) is 4.79 Å². The first-order valence-corrected chi connectivity index (χ1v) is 9.86. The van der Waals surface area contributed by atoms with E-state index in [4.69, 9.17) is 4.98 Å². The molecule has 0 saturated heterocycles. The standard InChI is InChI=1S/C22H26N4O/c1-11-8-15(13(3)26(11)14-6-7-14)19-18-12(2)24-25-21(18)23-16-9-22(4,5)10-17(27)20(16)19/h8,14H,6-7,9-10H2,1-5H3,(H,23,24,25). The van der Waals surface area contributed by atoms with E-state index in [1.165, 1.54) is 29.8 Å². The van der Waals surface area contributed by atoms with E-state index in [1.807, 2.05) is 6.92 Å². The highest BCUT2D eigenvalue weighted by atomic mass is 16.1. The maximum Gasteiger partial charge on any atom is 0.182 e. The molecule has 5 nitrogen and oxygen atoms in total. The summed E-state index contributed by atoms with van der Waals surface area (Å²) in [5, 5.41) is 8.53. The van der Waals surface area contributed by atoms with Gasteiger partial charge in [-0.2, -0.15) is 5.10 Å². The third kappa shape index (κ3) is 2.40. The molecule has 0 unspecified atom stereocenters. The highest BCUT2D eigenvalue weighted by Crippen LogP contribution is 2.45. The molecule has 0 aliphatic heterocycles. The van der Waals surface area contributed by atoms with Gasteiger partial charge in [0.1, 0.15) is 0 Å². The minimum Gasteiger partial charge on any atom is -0.346 e. The Morgan fingerprint density at radius 2 is 1.89 bits per heavy atom. The van der Waals surface area contributed by atoms with Crippen LogP contribution in [0.2, 0.25) is 0 Å². The molecule has 5 heteroatoms. The van der Waals surface area contributed by atoms with Crippen molar-refractivity contribution in [2.24, 2.45) is 5.41 Å². The largest absolute Gasteiger partial charge is 0.346 e. The van der Waals surface area contributed by atoms with Gasteiger partial charge in [-0.15, -0.1) is 0 Å². The Morgan fingerprint density at radius 1 is 1.15 bits per heavy atom. The van der Waals surface area contributed by atoms with Gasteiger partial charge in [0.05, 0.1) is 11.1 Å². The molecular weight excluding hydrogens is 336 g/mol. The number of nitrogens with zero attached hydrogens (tertiary/aromatic N) is 3. The van der Waals surface area contributed by atoms with Gasteiger partial charge in [-0.05, 0) is 51.5 Å². The molecule has 3 aromatic rings. The third-order valence-electron chi connectivity index (χ3n) is 6.19. The van der Waals surface area contributed by atoms with Crippen LogP contribution >= 0.6 is 0 Å². The lowest BCUT2D eigenvalue weighted by Gasteiger charge is -2.30. The van der Waals surface area contributed by atoms with Crippen LogP contribution in [0.3, 0.4) is 0 Å². The molecule has 3 heterocycles. The van der Waals surface area contributed by atoms with E-state index in [1.54, 1.807) is 0 Å². The molecule has 0 aromatic carbocycles. The number of pyridine rings is 1. The van der Waals surface area contributed by atoms with Gasteiger partial charge in [-0.25, -0.2) is 4.98 Å². The number of aromatic amines is 1. The molecular formula is C22H26N4O. The Balaban J connectivity index is 1.87. The molecule has 0 radical (unpaired) electrons. The van der Waals surface area contributed by atoms with Crippen molar-refractivity contribution in [3.05, 3.63) is 34.4 Å². The number of hydrogen-bond acceptors (Lipinski definition) is 3. The maximum atomic E-state index is 13.2. The smallest absolute Gasteiger partial charge is 0.182 e. The monoisotopic (exact) mass is 362 g/mol. The van der Waals surface area contributed by atoms with Gasteiger partial charge >= 0.3 is 0 Å². The summed E-state index contributed by atoms with van der Waals surface area (Å²) < 4.78 is 2.45. The molecule has 2 aliphatic rings. The molecule has 1 N–H and O–H groups in total. The summed E-state index contributed by atoms with van der Waals surface area (Å²) in [5.74, 6) is 0.211. The van der Waals surface area contributed by atoms with Crippen LogP contribution in [-0.4, -0.2) is 25.5 Å². The van der Waals surface area contributed by atoms with E-state index in [2.05, 4.69) is 48.5 Å². The number of ketones is 1. The Kier molecular flexibility index (Phi) is 3.29. The quantitative estimate of drug-likeness (QED) is 0.709. The zero-order valence-corrected chi connectivity index (χ0v) is 16.7. The zero-order chi connectivity index (χ0) is 19.1. The average molecular weight is 362 g/mol. The molecule has 2 aliphatic carbocycles. The second-order valence-electron chi connectivity index (χ2n) is 9.18. The molecule has 0 bridgehead atoms. The van der Waals surface area contributed by atoms with Crippen molar-refractivity contribution >= 4 is 16.8 Å². The van der Waals surface area contributed by atoms with Crippen molar-refractivity contribution in [1.82, 2.24) is 19.7 Å². The van der Waals surface area contributed by atoms with E-state index in [0.717, 1.165) is 40.0 Å². The number of carbonyl (C=O) groups excluding carboxylic acids is 1. The van der Waals surface area contributed by atoms with Crippen molar-refractivity contribution < 1.29 is 4.79 Å². The summed E-state index contributed by atoms with van der Waals surface area (Å²) in [5.41, 5.74) is 8.10. The molecule has 0 amide bonds. The summed E-state index contributed by atoms with van der Waals surface area (Å²) in [7, 11) is 0. The Morgan fingerprint density at radius 3 is 2.59 bits per heavy atom. The predicted octanol–water partition coefficient (Wildman–Crippen LogP) is 4.84. The summed E-state index contributed by atoms with van der Waals surface area (Å²) in [4.78, 5) is 18.0. The predicted molar refractivity (Wildman–Crippen MR) is 106 cm³/mol. The summed E-state index contributed by atoms with van der Waals surface area (Å²) in [6, 6.07) is 2.87.